The number of likely N-dealkylation sites (tertiary alicyclic amines) is 1. The molecule has 2 aliphatic heterocycles. The molecule has 1 spiro atoms. The first-order chi connectivity index (χ1) is 10.0. The lowest BCUT2D eigenvalue weighted by atomic mass is 9.70. The predicted octanol–water partition coefficient (Wildman–Crippen LogP) is 2.25. The average Bonchev–Trinajstić information content (AvgIpc) is 2.43. The lowest BCUT2D eigenvalue weighted by Crippen LogP contribution is -2.69. The van der Waals surface area contributed by atoms with Crippen molar-refractivity contribution in [3.05, 3.63) is 35.9 Å². The summed E-state index contributed by atoms with van der Waals surface area (Å²) in [4.78, 5) is 13.0. The highest BCUT2D eigenvalue weighted by Gasteiger charge is 2.60. The van der Waals surface area contributed by atoms with Crippen LogP contribution in [0.15, 0.2) is 30.3 Å². The number of nitrogens with zero attached hydrogens (tertiary/aromatic N) is 1. The lowest BCUT2D eigenvalue weighted by Gasteiger charge is -2.52. The number of ether oxygens (including phenoxy) is 1. The molecule has 0 radical (unpaired) electrons. The summed E-state index contributed by atoms with van der Waals surface area (Å²) in [5.41, 5.74) is -0.127. The van der Waals surface area contributed by atoms with Gasteiger partial charge in [-0.1, -0.05) is 30.3 Å². The van der Waals surface area contributed by atoms with Crippen molar-refractivity contribution < 1.29 is 18.3 Å². The largest absolute Gasteiger partial charge is 0.445 e. The van der Waals surface area contributed by atoms with Crippen LogP contribution in [0.1, 0.15) is 12.0 Å². The third-order valence-corrected chi connectivity index (χ3v) is 4.42. The fourth-order valence-corrected chi connectivity index (χ4v) is 2.85. The summed E-state index contributed by atoms with van der Waals surface area (Å²) < 4.78 is 33.5. The number of halogens is 2. The minimum absolute atomic E-state index is 0.106. The average molecular weight is 296 g/mol. The Morgan fingerprint density at radius 2 is 2.00 bits per heavy atom. The van der Waals surface area contributed by atoms with Crippen LogP contribution in [0.5, 0.6) is 0 Å². The van der Waals surface area contributed by atoms with Crippen molar-refractivity contribution in [2.45, 2.75) is 19.0 Å². The SMILES string of the molecule is O=C(OCc1ccccc1)N1CCC2(CNC2)C(F)(F)C1. The second-order valence-electron chi connectivity index (χ2n) is 5.80. The molecule has 0 saturated carbocycles. The van der Waals surface area contributed by atoms with Crippen molar-refractivity contribution in [2.75, 3.05) is 26.2 Å². The zero-order valence-corrected chi connectivity index (χ0v) is 11.6. The van der Waals surface area contributed by atoms with Crippen LogP contribution in [-0.4, -0.2) is 43.1 Å². The first kappa shape index (κ1) is 14.3. The number of amides is 1. The molecular weight excluding hydrogens is 278 g/mol. The van der Waals surface area contributed by atoms with Crippen LogP contribution in [-0.2, 0) is 11.3 Å². The number of carbonyl (C=O) groups is 1. The molecule has 2 fully saturated rings. The fourth-order valence-electron chi connectivity index (χ4n) is 2.85. The van der Waals surface area contributed by atoms with E-state index in [2.05, 4.69) is 5.32 Å². The zero-order valence-electron chi connectivity index (χ0n) is 11.6. The number of carbonyl (C=O) groups excluding carboxylic acids is 1. The van der Waals surface area contributed by atoms with Crippen LogP contribution >= 0.6 is 0 Å². The van der Waals surface area contributed by atoms with E-state index in [0.29, 0.717) is 26.1 Å². The summed E-state index contributed by atoms with van der Waals surface area (Å²) in [6.45, 7) is 0.529. The topological polar surface area (TPSA) is 41.6 Å². The van der Waals surface area contributed by atoms with E-state index in [1.165, 1.54) is 0 Å². The van der Waals surface area contributed by atoms with Gasteiger partial charge in [0.1, 0.15) is 6.61 Å². The van der Waals surface area contributed by atoms with Crippen molar-refractivity contribution >= 4 is 6.09 Å². The van der Waals surface area contributed by atoms with Gasteiger partial charge < -0.3 is 15.0 Å². The number of hydrogen-bond acceptors (Lipinski definition) is 3. The highest BCUT2D eigenvalue weighted by atomic mass is 19.3. The molecule has 6 heteroatoms. The van der Waals surface area contributed by atoms with Gasteiger partial charge in [-0.25, -0.2) is 13.6 Å². The van der Waals surface area contributed by atoms with Crippen molar-refractivity contribution in [3.63, 3.8) is 0 Å². The second-order valence-corrected chi connectivity index (χ2v) is 5.80. The Balaban J connectivity index is 1.56. The Hall–Kier alpha value is -1.69. The van der Waals surface area contributed by atoms with Crippen molar-refractivity contribution in [1.29, 1.82) is 0 Å². The number of nitrogens with one attached hydrogen (secondary N) is 1. The van der Waals surface area contributed by atoms with E-state index >= 15 is 0 Å². The van der Waals surface area contributed by atoms with E-state index in [4.69, 9.17) is 4.74 Å². The molecule has 0 aliphatic carbocycles. The maximum Gasteiger partial charge on any atom is 0.410 e. The molecule has 2 aliphatic rings. The summed E-state index contributed by atoms with van der Waals surface area (Å²) in [5, 5.41) is 2.90. The fraction of sp³-hybridized carbons (Fsp3) is 0.533. The summed E-state index contributed by atoms with van der Waals surface area (Å²) in [6, 6.07) is 9.19. The maximum absolute atomic E-state index is 14.2. The summed E-state index contributed by atoms with van der Waals surface area (Å²) in [5.74, 6) is -2.86. The molecule has 114 valence electrons. The van der Waals surface area contributed by atoms with Crippen LogP contribution in [0.2, 0.25) is 0 Å². The molecule has 21 heavy (non-hydrogen) atoms. The van der Waals surface area contributed by atoms with Gasteiger partial charge in [0.2, 0.25) is 0 Å². The van der Waals surface area contributed by atoms with Crippen LogP contribution in [0, 0.1) is 5.41 Å². The predicted molar refractivity (Wildman–Crippen MR) is 73.1 cm³/mol. The normalized spacial score (nSPS) is 22.7. The highest BCUT2D eigenvalue weighted by molar-refractivity contribution is 5.68. The van der Waals surface area contributed by atoms with Gasteiger partial charge in [0.25, 0.3) is 5.92 Å². The molecule has 1 aromatic carbocycles. The molecule has 1 N–H and O–H groups in total. The van der Waals surface area contributed by atoms with E-state index in [1.54, 1.807) is 0 Å². The van der Waals surface area contributed by atoms with Crippen LogP contribution in [0.4, 0.5) is 13.6 Å². The molecule has 4 nitrogen and oxygen atoms in total. The Morgan fingerprint density at radius 3 is 2.57 bits per heavy atom. The molecular formula is C15H18F2N2O2. The van der Waals surface area contributed by atoms with E-state index in [-0.39, 0.29) is 6.61 Å². The summed E-state index contributed by atoms with van der Waals surface area (Å²) >= 11 is 0. The van der Waals surface area contributed by atoms with Gasteiger partial charge in [0.15, 0.2) is 0 Å². The molecule has 1 amide bonds. The van der Waals surface area contributed by atoms with Gasteiger partial charge in [-0.05, 0) is 12.0 Å². The van der Waals surface area contributed by atoms with E-state index in [9.17, 15) is 13.6 Å². The standard InChI is InChI=1S/C15H18F2N2O2/c16-15(17)11-19(7-6-14(15)9-18-10-14)13(20)21-8-12-4-2-1-3-5-12/h1-5,18H,6-11H2. The van der Waals surface area contributed by atoms with Gasteiger partial charge >= 0.3 is 6.09 Å². The second kappa shape index (κ2) is 5.26. The smallest absolute Gasteiger partial charge is 0.410 e. The number of hydrogen-bond donors (Lipinski definition) is 1. The zero-order chi connectivity index (χ0) is 14.9. The molecule has 1 aromatic rings. The minimum atomic E-state index is -2.86. The highest BCUT2D eigenvalue weighted by Crippen LogP contribution is 2.46. The minimum Gasteiger partial charge on any atom is -0.445 e. The molecule has 3 rings (SSSR count). The van der Waals surface area contributed by atoms with Gasteiger partial charge in [-0.2, -0.15) is 0 Å². The summed E-state index contributed by atoms with van der Waals surface area (Å²) in [7, 11) is 0. The molecule has 2 saturated heterocycles. The first-order valence-electron chi connectivity index (χ1n) is 7.07. The Kier molecular flexibility index (Phi) is 3.57. The van der Waals surface area contributed by atoms with E-state index < -0.39 is 24.0 Å². The van der Waals surface area contributed by atoms with Crippen LogP contribution in [0.25, 0.3) is 0 Å². The number of alkyl halides is 2. The van der Waals surface area contributed by atoms with Crippen molar-refractivity contribution in [1.82, 2.24) is 10.2 Å². The Bertz CT molecular complexity index is 518. The maximum atomic E-state index is 14.2. The van der Waals surface area contributed by atoms with E-state index in [1.807, 2.05) is 30.3 Å². The van der Waals surface area contributed by atoms with Crippen molar-refractivity contribution in [2.24, 2.45) is 5.41 Å². The molecule has 0 atom stereocenters. The molecule has 0 bridgehead atoms. The van der Waals surface area contributed by atoms with Crippen molar-refractivity contribution in [3.8, 4) is 0 Å². The van der Waals surface area contributed by atoms with Gasteiger partial charge in [-0.15, -0.1) is 0 Å². The Morgan fingerprint density at radius 1 is 1.29 bits per heavy atom. The molecule has 2 heterocycles. The van der Waals surface area contributed by atoms with Crippen LogP contribution < -0.4 is 5.32 Å². The monoisotopic (exact) mass is 296 g/mol. The lowest BCUT2D eigenvalue weighted by molar-refractivity contribution is -0.183. The number of piperidine rings is 1. The third-order valence-electron chi connectivity index (χ3n) is 4.42. The summed E-state index contributed by atoms with van der Waals surface area (Å²) in [6.07, 6.45) is -0.353. The number of rotatable bonds is 2. The Labute approximate surface area is 122 Å². The van der Waals surface area contributed by atoms with Gasteiger partial charge in [0, 0.05) is 19.6 Å². The molecule has 0 unspecified atom stereocenters. The van der Waals surface area contributed by atoms with Gasteiger partial charge in [0.05, 0.1) is 12.0 Å². The third kappa shape index (κ3) is 2.60. The van der Waals surface area contributed by atoms with E-state index in [0.717, 1.165) is 10.5 Å². The van der Waals surface area contributed by atoms with Gasteiger partial charge in [-0.3, -0.25) is 0 Å². The molecule has 0 aromatic heterocycles. The number of benzene rings is 1. The first-order valence-corrected chi connectivity index (χ1v) is 7.07. The van der Waals surface area contributed by atoms with Crippen LogP contribution in [0.3, 0.4) is 0 Å². The quantitative estimate of drug-likeness (QED) is 0.910.